The third-order valence-corrected chi connectivity index (χ3v) is 7.15. The number of hydrogen-bond acceptors (Lipinski definition) is 7. The van der Waals surface area contributed by atoms with Gasteiger partial charge in [-0.15, -0.1) is 0 Å². The summed E-state index contributed by atoms with van der Waals surface area (Å²) in [5.74, 6) is -2.63. The van der Waals surface area contributed by atoms with Gasteiger partial charge in [0.1, 0.15) is 10.9 Å². The first-order chi connectivity index (χ1) is 18.5. The van der Waals surface area contributed by atoms with Gasteiger partial charge in [0.15, 0.2) is 5.69 Å². The fourth-order valence-corrected chi connectivity index (χ4v) is 5.00. The van der Waals surface area contributed by atoms with E-state index >= 15 is 0 Å². The Bertz CT molecular complexity index is 1380. The zero-order valence-electron chi connectivity index (χ0n) is 20.2. The van der Waals surface area contributed by atoms with Crippen LogP contribution in [0, 0.1) is 0 Å². The van der Waals surface area contributed by atoms with E-state index in [4.69, 9.17) is 27.8 Å². The zero-order chi connectivity index (χ0) is 28.3. The minimum atomic E-state index is -4.73. The summed E-state index contributed by atoms with van der Waals surface area (Å²) in [6.45, 7) is 0.672. The molecule has 2 unspecified atom stereocenters. The number of anilines is 2. The summed E-state index contributed by atoms with van der Waals surface area (Å²) in [7, 11) is 0. The number of amides is 3. The molecule has 4 rings (SSSR count). The summed E-state index contributed by atoms with van der Waals surface area (Å²) >= 11 is 6.58. The molecule has 0 bridgehead atoms. The Hall–Kier alpha value is -3.68. The number of rotatable bonds is 8. The average Bonchev–Trinajstić information content (AvgIpc) is 3.55. The topological polar surface area (TPSA) is 141 Å². The van der Waals surface area contributed by atoms with Crippen molar-refractivity contribution in [3.8, 4) is 0 Å². The van der Waals surface area contributed by atoms with E-state index in [1.807, 2.05) is 0 Å². The predicted octanol–water partition coefficient (Wildman–Crippen LogP) is 4.18. The van der Waals surface area contributed by atoms with E-state index < -0.39 is 35.5 Å². The maximum absolute atomic E-state index is 14.0. The maximum atomic E-state index is 14.0. The van der Waals surface area contributed by atoms with Crippen LogP contribution >= 0.6 is 23.1 Å². The van der Waals surface area contributed by atoms with Crippen LogP contribution in [0.3, 0.4) is 0 Å². The van der Waals surface area contributed by atoms with Crippen molar-refractivity contribution in [1.29, 1.82) is 0 Å². The third kappa shape index (κ3) is 6.32. The fraction of sp³-hybridized carbons (Fsp3) is 0.280. The summed E-state index contributed by atoms with van der Waals surface area (Å²) in [5, 5.41) is 3.09. The lowest BCUT2D eigenvalue weighted by atomic mass is 10.0. The molecule has 1 saturated heterocycles. The Labute approximate surface area is 230 Å². The Balaban J connectivity index is 1.86. The number of benzene rings is 2. The van der Waals surface area contributed by atoms with Crippen molar-refractivity contribution in [2.45, 2.75) is 31.2 Å². The Morgan fingerprint density at radius 3 is 2.51 bits per heavy atom. The van der Waals surface area contributed by atoms with Gasteiger partial charge in [-0.1, -0.05) is 29.8 Å². The molecule has 1 aliphatic heterocycles. The van der Waals surface area contributed by atoms with Gasteiger partial charge in [0.25, 0.3) is 11.8 Å². The molecule has 1 aromatic heterocycles. The van der Waals surface area contributed by atoms with E-state index in [1.165, 1.54) is 30.3 Å². The molecule has 3 amide bonds. The van der Waals surface area contributed by atoms with Crippen LogP contribution in [0.2, 0.25) is 5.02 Å². The second kappa shape index (κ2) is 11.6. The molecule has 0 radical (unpaired) electrons. The SMILES string of the molecule is NC(=O)c1nsc(C(=O)N(c2cccc(C(F)(F)F)c2)C(C(=O)NCC2CCCO2)c2ccc(Cl)cc2)c1N. The maximum Gasteiger partial charge on any atom is 0.416 e. The molecule has 9 nitrogen and oxygen atoms in total. The van der Waals surface area contributed by atoms with E-state index in [0.29, 0.717) is 23.2 Å². The van der Waals surface area contributed by atoms with Crippen molar-refractivity contribution in [2.75, 3.05) is 23.8 Å². The van der Waals surface area contributed by atoms with Gasteiger partial charge in [0.05, 0.1) is 17.4 Å². The first kappa shape index (κ1) is 28.3. The number of halogens is 4. The van der Waals surface area contributed by atoms with Crippen molar-refractivity contribution >= 4 is 52.2 Å². The number of aromatic nitrogens is 1. The van der Waals surface area contributed by atoms with Gasteiger partial charge >= 0.3 is 6.18 Å². The quantitative estimate of drug-likeness (QED) is 0.364. The number of primary amides is 1. The number of hydrogen-bond donors (Lipinski definition) is 3. The van der Waals surface area contributed by atoms with Crippen molar-refractivity contribution in [3.05, 3.63) is 75.3 Å². The van der Waals surface area contributed by atoms with Gasteiger partial charge in [0, 0.05) is 23.9 Å². The van der Waals surface area contributed by atoms with Gasteiger partial charge in [-0.3, -0.25) is 19.3 Å². The molecule has 0 saturated carbocycles. The highest BCUT2D eigenvalue weighted by Crippen LogP contribution is 2.37. The van der Waals surface area contributed by atoms with Gasteiger partial charge in [-0.05, 0) is 60.3 Å². The first-order valence-electron chi connectivity index (χ1n) is 11.7. The zero-order valence-corrected chi connectivity index (χ0v) is 21.8. The standard InChI is InChI=1S/C25H23ClF3N5O4S/c26-15-8-6-13(7-9-15)20(23(36)32-12-17-5-2-10-38-17)34(16-4-1-3-14(11-16)25(27,28)29)24(37)21-18(30)19(22(31)35)33-39-21/h1,3-4,6-9,11,17,20H,2,5,10,12,30H2,(H2,31,35)(H,32,36). The van der Waals surface area contributed by atoms with Crippen LogP contribution in [0.25, 0.3) is 0 Å². The van der Waals surface area contributed by atoms with Crippen LogP contribution in [0.1, 0.15) is 50.2 Å². The average molecular weight is 582 g/mol. The molecule has 2 heterocycles. The Kier molecular flexibility index (Phi) is 8.42. The number of nitrogens with one attached hydrogen (secondary N) is 1. The second-order valence-electron chi connectivity index (χ2n) is 8.70. The van der Waals surface area contributed by atoms with Crippen molar-refractivity contribution < 1.29 is 32.3 Å². The van der Waals surface area contributed by atoms with E-state index in [9.17, 15) is 27.6 Å². The molecule has 0 aliphatic carbocycles. The highest BCUT2D eigenvalue weighted by atomic mass is 35.5. The van der Waals surface area contributed by atoms with Crippen LogP contribution in [-0.4, -0.2) is 41.4 Å². The van der Waals surface area contributed by atoms with Gasteiger partial charge in [-0.25, -0.2) is 0 Å². The van der Waals surface area contributed by atoms with Gasteiger partial charge in [-0.2, -0.15) is 17.5 Å². The van der Waals surface area contributed by atoms with Crippen LogP contribution in [-0.2, 0) is 15.7 Å². The minimum Gasteiger partial charge on any atom is -0.395 e. The molecule has 39 heavy (non-hydrogen) atoms. The third-order valence-electron chi connectivity index (χ3n) is 6.05. The lowest BCUT2D eigenvalue weighted by Gasteiger charge is -2.32. The molecule has 3 aromatic rings. The molecule has 0 spiro atoms. The fourth-order valence-electron chi connectivity index (χ4n) is 4.13. The molecule has 1 aliphatic rings. The largest absolute Gasteiger partial charge is 0.416 e. The molecular weight excluding hydrogens is 559 g/mol. The van der Waals surface area contributed by atoms with Crippen molar-refractivity contribution in [3.63, 3.8) is 0 Å². The van der Waals surface area contributed by atoms with Crippen LogP contribution in [0.5, 0.6) is 0 Å². The number of carbonyl (C=O) groups excluding carboxylic acids is 3. The Morgan fingerprint density at radius 1 is 1.21 bits per heavy atom. The van der Waals surface area contributed by atoms with E-state index in [2.05, 4.69) is 9.69 Å². The predicted molar refractivity (Wildman–Crippen MR) is 139 cm³/mol. The van der Waals surface area contributed by atoms with Gasteiger partial charge in [0.2, 0.25) is 5.91 Å². The monoisotopic (exact) mass is 581 g/mol. The molecule has 2 atom stereocenters. The van der Waals surface area contributed by atoms with Crippen LogP contribution in [0.4, 0.5) is 24.5 Å². The van der Waals surface area contributed by atoms with E-state index in [-0.39, 0.29) is 40.2 Å². The molecule has 5 N–H and O–H groups in total. The summed E-state index contributed by atoms with van der Waals surface area (Å²) in [4.78, 5) is 40.0. The molecular formula is C25H23ClF3N5O4S. The number of alkyl halides is 3. The minimum absolute atomic E-state index is 0.127. The summed E-state index contributed by atoms with van der Waals surface area (Å²) in [6, 6.07) is 8.44. The number of nitrogens with zero attached hydrogens (tertiary/aromatic N) is 2. The highest BCUT2D eigenvalue weighted by molar-refractivity contribution is 7.09. The first-order valence-corrected chi connectivity index (χ1v) is 12.8. The molecule has 1 fully saturated rings. The molecule has 2 aromatic carbocycles. The lowest BCUT2D eigenvalue weighted by molar-refractivity contribution is -0.137. The van der Waals surface area contributed by atoms with E-state index in [0.717, 1.165) is 35.9 Å². The van der Waals surface area contributed by atoms with Crippen LogP contribution < -0.4 is 21.7 Å². The van der Waals surface area contributed by atoms with E-state index in [1.54, 1.807) is 0 Å². The molecule has 206 valence electrons. The number of nitrogens with two attached hydrogens (primary N) is 2. The number of nitrogen functional groups attached to an aromatic ring is 1. The second-order valence-corrected chi connectivity index (χ2v) is 9.91. The van der Waals surface area contributed by atoms with Gasteiger partial charge < -0.3 is 21.5 Å². The highest BCUT2D eigenvalue weighted by Gasteiger charge is 2.38. The summed E-state index contributed by atoms with van der Waals surface area (Å²) < 4.78 is 50.3. The van der Waals surface area contributed by atoms with Crippen LogP contribution in [0.15, 0.2) is 48.5 Å². The number of ether oxygens (including phenoxy) is 1. The summed E-state index contributed by atoms with van der Waals surface area (Å²) in [5.41, 5.74) is 9.54. The molecule has 14 heteroatoms. The Morgan fingerprint density at radius 2 is 1.92 bits per heavy atom. The smallest absolute Gasteiger partial charge is 0.395 e. The summed E-state index contributed by atoms with van der Waals surface area (Å²) in [6.07, 6.45) is -3.43. The van der Waals surface area contributed by atoms with Crippen molar-refractivity contribution in [1.82, 2.24) is 9.69 Å². The normalized spacial score (nSPS) is 16.1. The van der Waals surface area contributed by atoms with Crippen molar-refractivity contribution in [2.24, 2.45) is 5.73 Å². The lowest BCUT2D eigenvalue weighted by Crippen LogP contribution is -2.45. The number of carbonyl (C=O) groups is 3.